The number of carbonyl (C=O) groups excluding carboxylic acids is 2. The number of primary amides is 1. The van der Waals surface area contributed by atoms with Crippen LogP contribution in [0.4, 0.5) is 4.79 Å². The van der Waals surface area contributed by atoms with E-state index in [0.717, 1.165) is 0 Å². The van der Waals surface area contributed by atoms with Gasteiger partial charge in [-0.05, 0) is 0 Å². The van der Waals surface area contributed by atoms with Gasteiger partial charge in [0.2, 0.25) is 5.91 Å². The van der Waals surface area contributed by atoms with Crippen molar-refractivity contribution < 1.29 is 9.59 Å². The number of nitriles is 2. The van der Waals surface area contributed by atoms with Crippen molar-refractivity contribution in [2.24, 2.45) is 5.73 Å². The van der Waals surface area contributed by atoms with E-state index in [1.165, 1.54) is 0 Å². The zero-order valence-corrected chi connectivity index (χ0v) is 8.77. The van der Waals surface area contributed by atoms with Crippen LogP contribution >= 0.6 is 0 Å². The SMILES string of the molecule is N#CCCN(CCC#N)CC(=O)NC(N)=O. The molecule has 0 aliphatic heterocycles. The summed E-state index contributed by atoms with van der Waals surface area (Å²) in [5.41, 5.74) is 4.78. The largest absolute Gasteiger partial charge is 0.351 e. The first-order valence-corrected chi connectivity index (χ1v) is 4.65. The Morgan fingerprint density at radius 1 is 1.19 bits per heavy atom. The molecule has 0 rings (SSSR count). The number of hydrogen-bond acceptors (Lipinski definition) is 5. The van der Waals surface area contributed by atoms with Crippen molar-refractivity contribution >= 4 is 11.9 Å². The molecule has 7 nitrogen and oxygen atoms in total. The fraction of sp³-hybridized carbons (Fsp3) is 0.556. The van der Waals surface area contributed by atoms with E-state index in [1.54, 1.807) is 4.90 Å². The Morgan fingerprint density at radius 2 is 1.69 bits per heavy atom. The third kappa shape index (κ3) is 7.30. The zero-order chi connectivity index (χ0) is 12.4. The van der Waals surface area contributed by atoms with Crippen LogP contribution in [0.5, 0.6) is 0 Å². The molecule has 3 amide bonds. The van der Waals surface area contributed by atoms with Crippen molar-refractivity contribution in [3.05, 3.63) is 0 Å². The van der Waals surface area contributed by atoms with E-state index in [2.05, 4.69) is 0 Å². The van der Waals surface area contributed by atoms with Gasteiger partial charge in [0, 0.05) is 25.9 Å². The molecule has 0 atom stereocenters. The lowest BCUT2D eigenvalue weighted by Crippen LogP contribution is -2.42. The summed E-state index contributed by atoms with van der Waals surface area (Å²) in [6, 6.07) is 2.97. The summed E-state index contributed by atoms with van der Waals surface area (Å²) in [5, 5.41) is 18.7. The monoisotopic (exact) mass is 223 g/mol. The molecule has 0 bridgehead atoms. The predicted molar refractivity (Wildman–Crippen MR) is 54.6 cm³/mol. The van der Waals surface area contributed by atoms with E-state index in [1.807, 2.05) is 17.5 Å². The average Bonchev–Trinajstić information content (AvgIpc) is 2.20. The molecule has 0 saturated carbocycles. The number of nitrogens with zero attached hydrogens (tertiary/aromatic N) is 3. The van der Waals surface area contributed by atoms with Gasteiger partial charge in [-0.25, -0.2) is 4.79 Å². The lowest BCUT2D eigenvalue weighted by Gasteiger charge is -2.18. The molecule has 86 valence electrons. The molecule has 0 aromatic carbocycles. The van der Waals surface area contributed by atoms with Crippen LogP contribution in [0.1, 0.15) is 12.8 Å². The molecule has 0 spiro atoms. The summed E-state index contributed by atoms with van der Waals surface area (Å²) >= 11 is 0. The minimum atomic E-state index is -0.912. The number of nitrogens with two attached hydrogens (primary N) is 1. The maximum Gasteiger partial charge on any atom is 0.318 e. The van der Waals surface area contributed by atoms with E-state index >= 15 is 0 Å². The van der Waals surface area contributed by atoms with E-state index < -0.39 is 11.9 Å². The lowest BCUT2D eigenvalue weighted by atomic mass is 10.3. The van der Waals surface area contributed by atoms with Crippen molar-refractivity contribution in [1.29, 1.82) is 10.5 Å². The van der Waals surface area contributed by atoms with Crippen LogP contribution in [0.3, 0.4) is 0 Å². The summed E-state index contributed by atoms with van der Waals surface area (Å²) in [5.74, 6) is -0.539. The minimum Gasteiger partial charge on any atom is -0.351 e. The second-order valence-electron chi connectivity index (χ2n) is 3.00. The van der Waals surface area contributed by atoms with Crippen molar-refractivity contribution in [2.45, 2.75) is 12.8 Å². The highest BCUT2D eigenvalue weighted by Gasteiger charge is 2.11. The fourth-order valence-electron chi connectivity index (χ4n) is 1.07. The minimum absolute atomic E-state index is 0.0493. The number of carbonyl (C=O) groups is 2. The van der Waals surface area contributed by atoms with Crippen LogP contribution in [0.25, 0.3) is 0 Å². The first-order chi connectivity index (χ1) is 7.60. The van der Waals surface area contributed by atoms with Crippen molar-refractivity contribution in [3.8, 4) is 12.1 Å². The highest BCUT2D eigenvalue weighted by molar-refractivity contribution is 5.94. The number of urea groups is 1. The van der Waals surface area contributed by atoms with Crippen LogP contribution in [0, 0.1) is 22.7 Å². The Hall–Kier alpha value is -2.12. The molecule has 0 radical (unpaired) electrons. The van der Waals surface area contributed by atoms with Crippen LogP contribution in [0.2, 0.25) is 0 Å². The average molecular weight is 223 g/mol. The Balaban J connectivity index is 4.09. The van der Waals surface area contributed by atoms with Gasteiger partial charge < -0.3 is 5.73 Å². The van der Waals surface area contributed by atoms with Crippen molar-refractivity contribution in [2.75, 3.05) is 19.6 Å². The fourth-order valence-corrected chi connectivity index (χ4v) is 1.07. The second-order valence-corrected chi connectivity index (χ2v) is 3.00. The van der Waals surface area contributed by atoms with Gasteiger partial charge in [-0.2, -0.15) is 10.5 Å². The quantitative estimate of drug-likeness (QED) is 0.617. The van der Waals surface area contributed by atoms with Crippen LogP contribution in [-0.2, 0) is 4.79 Å². The Morgan fingerprint density at radius 3 is 2.06 bits per heavy atom. The molecular weight excluding hydrogens is 210 g/mol. The molecule has 0 unspecified atom stereocenters. The van der Waals surface area contributed by atoms with Gasteiger partial charge in [0.15, 0.2) is 0 Å². The maximum absolute atomic E-state index is 11.2. The third-order valence-electron chi connectivity index (χ3n) is 1.71. The normalized spacial score (nSPS) is 9.19. The third-order valence-corrected chi connectivity index (χ3v) is 1.71. The summed E-state index contributed by atoms with van der Waals surface area (Å²) in [6.45, 7) is 0.709. The molecule has 0 aromatic heterocycles. The predicted octanol–water partition coefficient (Wildman–Crippen LogP) is -0.689. The zero-order valence-electron chi connectivity index (χ0n) is 8.77. The number of nitrogens with one attached hydrogen (secondary N) is 1. The highest BCUT2D eigenvalue weighted by atomic mass is 16.2. The van der Waals surface area contributed by atoms with Crippen molar-refractivity contribution in [3.63, 3.8) is 0 Å². The van der Waals surface area contributed by atoms with Crippen molar-refractivity contribution in [1.82, 2.24) is 10.2 Å². The molecule has 16 heavy (non-hydrogen) atoms. The molecule has 0 fully saturated rings. The number of hydrogen-bond donors (Lipinski definition) is 2. The number of imide groups is 1. The van der Waals surface area contributed by atoms with Gasteiger partial charge in [-0.1, -0.05) is 0 Å². The van der Waals surface area contributed by atoms with E-state index in [9.17, 15) is 9.59 Å². The molecule has 3 N–H and O–H groups in total. The molecule has 0 aliphatic rings. The smallest absolute Gasteiger partial charge is 0.318 e. The highest BCUT2D eigenvalue weighted by Crippen LogP contribution is 1.93. The summed E-state index contributed by atoms with van der Waals surface area (Å²) < 4.78 is 0. The Kier molecular flexibility index (Phi) is 7.12. The molecule has 0 aromatic rings. The van der Waals surface area contributed by atoms with Gasteiger partial charge in [-0.15, -0.1) is 0 Å². The van der Waals surface area contributed by atoms with Gasteiger partial charge in [0.05, 0.1) is 18.7 Å². The molecule has 7 heteroatoms. The molecule has 0 heterocycles. The molecule has 0 aliphatic carbocycles. The first kappa shape index (κ1) is 13.9. The van der Waals surface area contributed by atoms with Crippen LogP contribution in [0.15, 0.2) is 0 Å². The number of amides is 3. The summed E-state index contributed by atoms with van der Waals surface area (Å²) in [6.07, 6.45) is 0.518. The Labute approximate surface area is 93.4 Å². The number of rotatable bonds is 6. The Bertz CT molecular complexity index is 310. The van der Waals surface area contributed by atoms with E-state index in [4.69, 9.17) is 16.3 Å². The molecule has 0 saturated heterocycles. The lowest BCUT2D eigenvalue weighted by molar-refractivity contribution is -0.121. The standard InChI is InChI=1S/C9H13N5O2/c10-3-1-5-14(6-2-4-11)7-8(15)13-9(12)16/h1-2,5-7H2,(H3,12,13,15,16). The summed E-state index contributed by atoms with van der Waals surface area (Å²) in [7, 11) is 0. The second kappa shape index (κ2) is 8.21. The van der Waals surface area contributed by atoms with Crippen LogP contribution in [-0.4, -0.2) is 36.5 Å². The van der Waals surface area contributed by atoms with Gasteiger partial charge >= 0.3 is 6.03 Å². The first-order valence-electron chi connectivity index (χ1n) is 4.65. The van der Waals surface area contributed by atoms with Crippen LogP contribution < -0.4 is 11.1 Å². The van der Waals surface area contributed by atoms with E-state index in [-0.39, 0.29) is 19.4 Å². The molecular formula is C9H13N5O2. The van der Waals surface area contributed by atoms with E-state index in [0.29, 0.717) is 13.1 Å². The maximum atomic E-state index is 11.2. The topological polar surface area (TPSA) is 123 Å². The van der Waals surface area contributed by atoms with Gasteiger partial charge in [-0.3, -0.25) is 15.0 Å². The van der Waals surface area contributed by atoms with Gasteiger partial charge in [0.1, 0.15) is 0 Å². The van der Waals surface area contributed by atoms with Gasteiger partial charge in [0.25, 0.3) is 0 Å². The summed E-state index contributed by atoms with van der Waals surface area (Å²) in [4.78, 5) is 23.2.